The van der Waals surface area contributed by atoms with Crippen LogP contribution in [0.5, 0.6) is 5.75 Å². The number of aliphatic carboxylic acids is 2. The van der Waals surface area contributed by atoms with Crippen LogP contribution in [0, 0.1) is 5.92 Å². The number of rotatable bonds is 18. The third-order valence-corrected chi connectivity index (χ3v) is 5.91. The molecule has 0 radical (unpaired) electrons. The van der Waals surface area contributed by atoms with Gasteiger partial charge in [0, 0.05) is 6.42 Å². The molecule has 10 N–H and O–H groups in total. The Balaban J connectivity index is 2.97. The molecule has 1 rings (SSSR count). The number of hydrogen-bond donors (Lipinski definition) is 8. The monoisotopic (exact) mass is 551 g/mol. The quantitative estimate of drug-likeness (QED) is 0.112. The smallest absolute Gasteiger partial charge is 0.326 e. The van der Waals surface area contributed by atoms with Gasteiger partial charge in [-0.2, -0.15) is 0 Å². The zero-order valence-corrected chi connectivity index (χ0v) is 22.4. The summed E-state index contributed by atoms with van der Waals surface area (Å²) in [6, 6.07) is 1.63. The van der Waals surface area contributed by atoms with E-state index in [1.54, 1.807) is 12.1 Å². The molecule has 0 fully saturated rings. The van der Waals surface area contributed by atoms with Gasteiger partial charge in [-0.05, 0) is 68.7 Å². The number of benzene rings is 1. The van der Waals surface area contributed by atoms with Gasteiger partial charge < -0.3 is 42.7 Å². The maximum absolute atomic E-state index is 13.2. The summed E-state index contributed by atoms with van der Waals surface area (Å²) in [7, 11) is 0. The number of carbonyl (C=O) groups excluding carboxylic acids is 3. The lowest BCUT2D eigenvalue weighted by Gasteiger charge is -2.26. The van der Waals surface area contributed by atoms with E-state index in [2.05, 4.69) is 16.0 Å². The van der Waals surface area contributed by atoms with E-state index in [0.29, 0.717) is 24.9 Å². The Hall–Kier alpha value is -3.71. The van der Waals surface area contributed by atoms with Gasteiger partial charge in [0.15, 0.2) is 0 Å². The van der Waals surface area contributed by atoms with E-state index < -0.39 is 60.2 Å². The molecule has 4 unspecified atom stereocenters. The van der Waals surface area contributed by atoms with Crippen LogP contribution in [0.25, 0.3) is 0 Å². The summed E-state index contributed by atoms with van der Waals surface area (Å²) in [4.78, 5) is 61.4. The fraction of sp³-hybridized carbons (Fsp3) is 0.577. The second-order valence-corrected chi connectivity index (χ2v) is 9.85. The SMILES string of the molecule is CC(C)CC(NC(=O)C(N)Cc1ccc(O)cc1)C(=O)NC(CCCCN)C(=O)NC(CCC(=O)O)C(=O)O. The molecule has 0 saturated carbocycles. The Morgan fingerprint density at radius 2 is 1.38 bits per heavy atom. The standard InChI is InChI=1S/C26H41N5O8/c1-15(2)13-21(31-23(35)18(28)14-16-6-8-17(32)9-7-16)25(37)29-19(5-3-4-12-27)24(36)30-20(26(38)39)10-11-22(33)34/h6-9,15,18-21,32H,3-5,10-14,27-28H2,1-2H3,(H,29,37)(H,30,36)(H,31,35)(H,33,34)(H,38,39). The van der Waals surface area contributed by atoms with Gasteiger partial charge in [-0.15, -0.1) is 0 Å². The van der Waals surface area contributed by atoms with Gasteiger partial charge >= 0.3 is 11.9 Å². The predicted molar refractivity (Wildman–Crippen MR) is 142 cm³/mol. The van der Waals surface area contributed by atoms with Crippen molar-refractivity contribution in [1.82, 2.24) is 16.0 Å². The Morgan fingerprint density at radius 3 is 1.92 bits per heavy atom. The summed E-state index contributed by atoms with van der Waals surface area (Å²) in [6.45, 7) is 4.06. The highest BCUT2D eigenvalue weighted by molar-refractivity contribution is 5.94. The molecule has 13 nitrogen and oxygen atoms in total. The molecule has 13 heteroatoms. The topological polar surface area (TPSA) is 234 Å². The van der Waals surface area contributed by atoms with Crippen LogP contribution in [0.15, 0.2) is 24.3 Å². The van der Waals surface area contributed by atoms with Gasteiger partial charge in [-0.25, -0.2) is 4.79 Å². The maximum atomic E-state index is 13.2. The fourth-order valence-electron chi connectivity index (χ4n) is 3.79. The molecule has 0 aromatic heterocycles. The average Bonchev–Trinajstić information content (AvgIpc) is 2.86. The summed E-state index contributed by atoms with van der Waals surface area (Å²) in [5.74, 6) is -4.54. The Labute approximate surface area is 227 Å². The molecule has 0 aliphatic rings. The summed E-state index contributed by atoms with van der Waals surface area (Å²) in [5, 5.41) is 35.2. The van der Waals surface area contributed by atoms with E-state index >= 15 is 0 Å². The highest BCUT2D eigenvalue weighted by atomic mass is 16.4. The first kappa shape index (κ1) is 33.3. The third kappa shape index (κ3) is 13.1. The van der Waals surface area contributed by atoms with Crippen molar-refractivity contribution in [2.45, 2.75) is 83.0 Å². The predicted octanol–water partition coefficient (Wildman–Crippen LogP) is -0.159. The zero-order chi connectivity index (χ0) is 29.5. The lowest BCUT2D eigenvalue weighted by Crippen LogP contribution is -2.57. The minimum atomic E-state index is -1.45. The van der Waals surface area contributed by atoms with Crippen molar-refractivity contribution in [3.8, 4) is 5.75 Å². The van der Waals surface area contributed by atoms with Crippen molar-refractivity contribution in [2.75, 3.05) is 6.54 Å². The highest BCUT2D eigenvalue weighted by Gasteiger charge is 2.30. The molecular formula is C26H41N5O8. The molecule has 4 atom stereocenters. The summed E-state index contributed by atoms with van der Waals surface area (Å²) >= 11 is 0. The van der Waals surface area contributed by atoms with Crippen LogP contribution in [0.4, 0.5) is 0 Å². The Bertz CT molecular complexity index is 970. The number of carboxylic acids is 2. The Morgan fingerprint density at radius 1 is 0.821 bits per heavy atom. The molecule has 0 bridgehead atoms. The number of carbonyl (C=O) groups is 5. The van der Waals surface area contributed by atoms with Crippen LogP contribution < -0.4 is 27.4 Å². The lowest BCUT2D eigenvalue weighted by atomic mass is 10.00. The van der Waals surface area contributed by atoms with Crippen LogP contribution in [0.3, 0.4) is 0 Å². The number of nitrogens with one attached hydrogen (secondary N) is 3. The fourth-order valence-corrected chi connectivity index (χ4v) is 3.79. The molecule has 218 valence electrons. The van der Waals surface area contributed by atoms with Crippen LogP contribution in [-0.4, -0.2) is 75.7 Å². The minimum Gasteiger partial charge on any atom is -0.508 e. The van der Waals surface area contributed by atoms with Crippen molar-refractivity contribution in [2.24, 2.45) is 17.4 Å². The molecule has 1 aromatic rings. The van der Waals surface area contributed by atoms with Gasteiger partial charge in [-0.1, -0.05) is 26.0 Å². The number of nitrogens with two attached hydrogens (primary N) is 2. The molecular weight excluding hydrogens is 510 g/mol. The van der Waals surface area contributed by atoms with Crippen molar-refractivity contribution in [1.29, 1.82) is 0 Å². The molecule has 39 heavy (non-hydrogen) atoms. The number of unbranched alkanes of at least 4 members (excludes halogenated alkanes) is 1. The second-order valence-electron chi connectivity index (χ2n) is 9.85. The second kappa shape index (κ2) is 17.0. The number of phenolic OH excluding ortho intramolecular Hbond substituents is 1. The average molecular weight is 552 g/mol. The number of carboxylic acid groups (broad SMARTS) is 2. The van der Waals surface area contributed by atoms with Gasteiger partial charge in [0.25, 0.3) is 0 Å². The van der Waals surface area contributed by atoms with E-state index in [-0.39, 0.29) is 37.4 Å². The molecule has 1 aromatic carbocycles. The van der Waals surface area contributed by atoms with Crippen LogP contribution >= 0.6 is 0 Å². The normalized spacial score (nSPS) is 14.1. The lowest BCUT2D eigenvalue weighted by molar-refractivity contribution is -0.143. The summed E-state index contributed by atoms with van der Waals surface area (Å²) in [5.41, 5.74) is 12.3. The van der Waals surface area contributed by atoms with Crippen molar-refractivity contribution >= 4 is 29.7 Å². The Kier molecular flexibility index (Phi) is 14.5. The van der Waals surface area contributed by atoms with Crippen LogP contribution in [-0.2, 0) is 30.4 Å². The first-order valence-corrected chi connectivity index (χ1v) is 12.9. The first-order chi connectivity index (χ1) is 18.3. The molecule has 3 amide bonds. The van der Waals surface area contributed by atoms with Gasteiger partial charge in [-0.3, -0.25) is 19.2 Å². The largest absolute Gasteiger partial charge is 0.508 e. The van der Waals surface area contributed by atoms with E-state index in [1.165, 1.54) is 12.1 Å². The maximum Gasteiger partial charge on any atom is 0.326 e. The van der Waals surface area contributed by atoms with Crippen LogP contribution in [0.1, 0.15) is 57.9 Å². The number of hydrogen-bond acceptors (Lipinski definition) is 8. The molecule has 0 spiro atoms. The van der Waals surface area contributed by atoms with Gasteiger partial charge in [0.05, 0.1) is 6.04 Å². The van der Waals surface area contributed by atoms with E-state index in [4.69, 9.17) is 16.6 Å². The molecule has 0 aliphatic carbocycles. The van der Waals surface area contributed by atoms with Crippen LogP contribution in [0.2, 0.25) is 0 Å². The van der Waals surface area contributed by atoms with E-state index in [9.17, 15) is 34.2 Å². The molecule has 0 heterocycles. The van der Waals surface area contributed by atoms with Crippen molar-refractivity contribution in [3.05, 3.63) is 29.8 Å². The van der Waals surface area contributed by atoms with Crippen molar-refractivity contribution in [3.63, 3.8) is 0 Å². The summed E-state index contributed by atoms with van der Waals surface area (Å²) < 4.78 is 0. The van der Waals surface area contributed by atoms with E-state index in [0.717, 1.165) is 0 Å². The zero-order valence-electron chi connectivity index (χ0n) is 22.4. The molecule has 0 saturated heterocycles. The number of phenols is 1. The highest BCUT2D eigenvalue weighted by Crippen LogP contribution is 2.12. The van der Waals surface area contributed by atoms with Crippen molar-refractivity contribution < 1.29 is 39.3 Å². The molecule has 0 aliphatic heterocycles. The summed E-state index contributed by atoms with van der Waals surface area (Å²) in [6.07, 6.45) is 0.790. The first-order valence-electron chi connectivity index (χ1n) is 12.9. The number of amides is 3. The van der Waals surface area contributed by atoms with Gasteiger partial charge in [0.2, 0.25) is 17.7 Å². The number of aromatic hydroxyl groups is 1. The third-order valence-electron chi connectivity index (χ3n) is 5.91. The van der Waals surface area contributed by atoms with E-state index in [1.807, 2.05) is 13.8 Å². The minimum absolute atomic E-state index is 0.00806. The van der Waals surface area contributed by atoms with Gasteiger partial charge in [0.1, 0.15) is 23.9 Å².